The van der Waals surface area contributed by atoms with Crippen LogP contribution in [0.15, 0.2) is 60.8 Å². The van der Waals surface area contributed by atoms with Crippen molar-refractivity contribution in [3.8, 4) is 11.5 Å². The molecule has 0 amide bonds. The summed E-state index contributed by atoms with van der Waals surface area (Å²) in [6.07, 6.45) is 0.910. The number of rotatable bonds is 10. The fourth-order valence-corrected chi connectivity index (χ4v) is 4.33. The minimum atomic E-state index is -0.661. The van der Waals surface area contributed by atoms with Crippen LogP contribution in [0.2, 0.25) is 0 Å². The third-order valence-corrected chi connectivity index (χ3v) is 6.08. The summed E-state index contributed by atoms with van der Waals surface area (Å²) >= 11 is 5.52. The quantitative estimate of drug-likeness (QED) is 0.187. The first-order valence-corrected chi connectivity index (χ1v) is 12.0. The van der Waals surface area contributed by atoms with Crippen LogP contribution >= 0.6 is 12.2 Å². The van der Waals surface area contributed by atoms with Gasteiger partial charge in [-0.2, -0.15) is 0 Å². The van der Waals surface area contributed by atoms with Crippen LogP contribution in [0.3, 0.4) is 0 Å². The lowest BCUT2D eigenvalue weighted by atomic mass is 9.87. The molecule has 0 unspecified atom stereocenters. The summed E-state index contributed by atoms with van der Waals surface area (Å²) in [5.74, 6) is -2.61. The number of methoxy groups -OCH3 is 1. The van der Waals surface area contributed by atoms with Gasteiger partial charge >= 0.3 is 11.9 Å². The summed E-state index contributed by atoms with van der Waals surface area (Å²) in [5.41, 5.74) is 1.65. The Hall–Kier alpha value is -3.72. The highest BCUT2D eigenvalue weighted by atomic mass is 32.1. The van der Waals surface area contributed by atoms with E-state index in [4.69, 9.17) is 26.4 Å². The van der Waals surface area contributed by atoms with E-state index in [-0.39, 0.29) is 23.6 Å². The van der Waals surface area contributed by atoms with Crippen molar-refractivity contribution in [2.75, 3.05) is 7.11 Å². The molecule has 0 spiro atoms. The molecule has 194 valence electrons. The van der Waals surface area contributed by atoms with Gasteiger partial charge in [-0.25, -0.2) is 8.78 Å². The Morgan fingerprint density at radius 1 is 0.946 bits per heavy atom. The first-order valence-electron chi connectivity index (χ1n) is 11.6. The van der Waals surface area contributed by atoms with Gasteiger partial charge in [-0.05, 0) is 48.7 Å². The van der Waals surface area contributed by atoms with Gasteiger partial charge in [0.15, 0.2) is 11.5 Å². The highest BCUT2D eigenvalue weighted by molar-refractivity contribution is 7.80. The molecule has 0 aliphatic carbocycles. The van der Waals surface area contributed by atoms with Crippen LogP contribution in [0.1, 0.15) is 49.9 Å². The normalized spacial score (nSPS) is 12.5. The highest BCUT2D eigenvalue weighted by Gasteiger charge is 2.28. The molecule has 0 saturated carbocycles. The maximum atomic E-state index is 13.5. The molecule has 0 aliphatic heterocycles. The smallest absolute Gasteiger partial charge is 0.309 e. The molecule has 0 fully saturated rings. The number of thiocarbonyl (C=S) groups is 1. The standard InChI is InChI=1S/C28H27F2NO5S/c1-16(15-24(37)26-27(36-18(3)32)23(34-4)13-14-31-26)28(33)35-17(2)25(19-5-9-21(29)10-6-19)20-7-11-22(30)12-8-20/h5-14,16-17,25H,15H2,1-4H3/t16-,17+/m0/s1. The van der Waals surface area contributed by atoms with Crippen LogP contribution in [0.25, 0.3) is 0 Å². The van der Waals surface area contributed by atoms with Crippen molar-refractivity contribution in [1.82, 2.24) is 4.98 Å². The number of hydrogen-bond donors (Lipinski definition) is 0. The molecule has 2 aromatic carbocycles. The minimum absolute atomic E-state index is 0.0871. The summed E-state index contributed by atoms with van der Waals surface area (Å²) in [6, 6.07) is 13.3. The second kappa shape index (κ2) is 12.5. The number of esters is 2. The van der Waals surface area contributed by atoms with Gasteiger partial charge in [-0.15, -0.1) is 0 Å². The molecule has 1 aromatic heterocycles. The van der Waals surface area contributed by atoms with Crippen molar-refractivity contribution in [2.45, 2.75) is 39.2 Å². The molecule has 37 heavy (non-hydrogen) atoms. The molecule has 9 heteroatoms. The van der Waals surface area contributed by atoms with Crippen molar-refractivity contribution >= 4 is 29.0 Å². The number of pyridine rings is 1. The van der Waals surface area contributed by atoms with Gasteiger partial charge in [-0.3, -0.25) is 14.6 Å². The molecule has 0 saturated heterocycles. The van der Waals surface area contributed by atoms with E-state index in [1.165, 1.54) is 50.6 Å². The molecule has 0 radical (unpaired) electrons. The molecule has 3 rings (SSSR count). The summed E-state index contributed by atoms with van der Waals surface area (Å²) in [5, 5.41) is 0. The molecule has 0 N–H and O–H groups in total. The number of carbonyl (C=O) groups excluding carboxylic acids is 2. The van der Waals surface area contributed by atoms with Crippen LogP contribution in [0.4, 0.5) is 8.78 Å². The molecule has 2 atom stereocenters. The van der Waals surface area contributed by atoms with Crippen LogP contribution in [-0.4, -0.2) is 35.0 Å². The first kappa shape index (κ1) is 27.9. The maximum Gasteiger partial charge on any atom is 0.309 e. The van der Waals surface area contributed by atoms with Gasteiger partial charge in [0.05, 0.1) is 13.0 Å². The van der Waals surface area contributed by atoms with E-state index in [2.05, 4.69) is 4.98 Å². The molecular weight excluding hydrogens is 500 g/mol. The summed E-state index contributed by atoms with van der Waals surface area (Å²) < 4.78 is 43.4. The van der Waals surface area contributed by atoms with E-state index in [1.807, 2.05) is 0 Å². The van der Waals surface area contributed by atoms with E-state index >= 15 is 0 Å². The lowest BCUT2D eigenvalue weighted by molar-refractivity contribution is -0.153. The second-order valence-corrected chi connectivity index (χ2v) is 9.03. The van der Waals surface area contributed by atoms with E-state index < -0.39 is 41.5 Å². The SMILES string of the molecule is COc1ccnc(C(=S)C[C@H](C)C(=O)O[C@H](C)C(c2ccc(F)cc2)c2ccc(F)cc2)c1OC(C)=O. The van der Waals surface area contributed by atoms with Gasteiger partial charge in [0, 0.05) is 30.0 Å². The average Bonchev–Trinajstić information content (AvgIpc) is 2.86. The molecule has 3 aromatic rings. The van der Waals surface area contributed by atoms with E-state index in [0.29, 0.717) is 16.0 Å². The Kier molecular flexibility index (Phi) is 9.41. The Balaban J connectivity index is 1.78. The zero-order valence-electron chi connectivity index (χ0n) is 20.9. The van der Waals surface area contributed by atoms with Gasteiger partial charge in [0.2, 0.25) is 0 Å². The van der Waals surface area contributed by atoms with Gasteiger partial charge in [-0.1, -0.05) is 43.4 Å². The number of nitrogens with zero attached hydrogens (tertiary/aromatic N) is 1. The van der Waals surface area contributed by atoms with Crippen LogP contribution in [0.5, 0.6) is 11.5 Å². The lowest BCUT2D eigenvalue weighted by Gasteiger charge is -2.26. The molecule has 1 heterocycles. The fraction of sp³-hybridized carbons (Fsp3) is 0.286. The molecular formula is C28H27F2NO5S. The van der Waals surface area contributed by atoms with Gasteiger partial charge in [0.25, 0.3) is 0 Å². The predicted octanol–water partition coefficient (Wildman–Crippen LogP) is 5.80. The second-order valence-electron chi connectivity index (χ2n) is 8.54. The van der Waals surface area contributed by atoms with Crippen molar-refractivity contribution < 1.29 is 32.6 Å². The average molecular weight is 528 g/mol. The van der Waals surface area contributed by atoms with Crippen LogP contribution in [0, 0.1) is 17.6 Å². The topological polar surface area (TPSA) is 74.7 Å². The first-order chi connectivity index (χ1) is 17.6. The number of benzene rings is 2. The van der Waals surface area contributed by atoms with E-state index in [0.717, 1.165) is 0 Å². The Bertz CT molecular complexity index is 1220. The van der Waals surface area contributed by atoms with Crippen molar-refractivity contribution in [3.63, 3.8) is 0 Å². The fourth-order valence-electron chi connectivity index (χ4n) is 3.93. The summed E-state index contributed by atoms with van der Waals surface area (Å²) in [4.78, 5) is 29.1. The monoisotopic (exact) mass is 527 g/mol. The Morgan fingerprint density at radius 3 is 1.97 bits per heavy atom. The number of hydrogen-bond acceptors (Lipinski definition) is 7. The lowest BCUT2D eigenvalue weighted by Crippen LogP contribution is -2.28. The van der Waals surface area contributed by atoms with Gasteiger partial charge < -0.3 is 14.2 Å². The number of ether oxygens (including phenoxy) is 3. The largest absolute Gasteiger partial charge is 0.493 e. The summed E-state index contributed by atoms with van der Waals surface area (Å²) in [6.45, 7) is 4.64. The van der Waals surface area contributed by atoms with E-state index in [9.17, 15) is 18.4 Å². The Morgan fingerprint density at radius 2 is 1.49 bits per heavy atom. The minimum Gasteiger partial charge on any atom is -0.493 e. The zero-order valence-corrected chi connectivity index (χ0v) is 21.7. The van der Waals surface area contributed by atoms with Crippen molar-refractivity contribution in [2.24, 2.45) is 5.92 Å². The number of halogens is 2. The third-order valence-electron chi connectivity index (χ3n) is 5.72. The maximum absolute atomic E-state index is 13.5. The Labute approximate surface area is 219 Å². The summed E-state index contributed by atoms with van der Waals surface area (Å²) in [7, 11) is 1.43. The van der Waals surface area contributed by atoms with Crippen LogP contribution in [-0.2, 0) is 14.3 Å². The van der Waals surface area contributed by atoms with Crippen molar-refractivity contribution in [1.29, 1.82) is 0 Å². The highest BCUT2D eigenvalue weighted by Crippen LogP contribution is 2.33. The molecule has 6 nitrogen and oxygen atoms in total. The van der Waals surface area contributed by atoms with Gasteiger partial charge in [0.1, 0.15) is 23.4 Å². The number of aromatic nitrogens is 1. The van der Waals surface area contributed by atoms with Crippen LogP contribution < -0.4 is 9.47 Å². The van der Waals surface area contributed by atoms with Crippen molar-refractivity contribution in [3.05, 3.63) is 89.2 Å². The zero-order chi connectivity index (χ0) is 27.1. The number of carbonyl (C=O) groups is 2. The molecule has 0 bridgehead atoms. The predicted molar refractivity (Wildman–Crippen MR) is 138 cm³/mol. The third kappa shape index (κ3) is 7.16. The van der Waals surface area contributed by atoms with E-state index in [1.54, 1.807) is 38.1 Å². The molecule has 0 aliphatic rings.